The van der Waals surface area contributed by atoms with Crippen LogP contribution in [0.4, 0.5) is 5.82 Å². The van der Waals surface area contributed by atoms with Crippen molar-refractivity contribution in [2.75, 3.05) is 24.4 Å². The van der Waals surface area contributed by atoms with E-state index >= 15 is 0 Å². The molecule has 1 aromatic carbocycles. The van der Waals surface area contributed by atoms with Crippen LogP contribution in [0.3, 0.4) is 0 Å². The Kier molecular flexibility index (Phi) is 5.24. The lowest BCUT2D eigenvalue weighted by atomic mass is 10.1. The Balaban J connectivity index is 2.58. The highest BCUT2D eigenvalue weighted by atomic mass is 79.9. The summed E-state index contributed by atoms with van der Waals surface area (Å²) in [5.74, 6) is -0.673. The van der Waals surface area contributed by atoms with Crippen LogP contribution in [0.2, 0.25) is 0 Å². The van der Waals surface area contributed by atoms with Gasteiger partial charge >= 0.3 is 0 Å². The van der Waals surface area contributed by atoms with Gasteiger partial charge in [0.15, 0.2) is 5.82 Å². The summed E-state index contributed by atoms with van der Waals surface area (Å²) in [7, 11) is -4.00. The van der Waals surface area contributed by atoms with Gasteiger partial charge in [-0.2, -0.15) is 13.1 Å². The molecule has 1 heterocycles. The van der Waals surface area contributed by atoms with Crippen LogP contribution in [0.5, 0.6) is 5.88 Å². The van der Waals surface area contributed by atoms with Gasteiger partial charge in [-0.1, -0.05) is 35.0 Å². The minimum absolute atomic E-state index is 0.0324. The van der Waals surface area contributed by atoms with Gasteiger partial charge in [0.1, 0.15) is 12.9 Å². The number of anilines is 1. The number of hydrogen-bond acceptors (Lipinski definition) is 6. The van der Waals surface area contributed by atoms with Gasteiger partial charge in [0, 0.05) is 11.0 Å². The van der Waals surface area contributed by atoms with Gasteiger partial charge in [0.05, 0.1) is 17.6 Å². The average Bonchev–Trinajstić information content (AvgIpc) is 2.60. The number of rotatable bonds is 9. The normalized spacial score (nSPS) is 14.8. The SMILES string of the molecule is [2H]C([2H])(O)C([2H])([2H])Oc1ncnc(NS(=O)(=O)NCCC)c1-c1ccc(Br)cc1. The molecule has 0 amide bonds. The van der Waals surface area contributed by atoms with Crippen LogP contribution >= 0.6 is 15.9 Å². The van der Waals surface area contributed by atoms with Crippen LogP contribution in [-0.4, -0.2) is 43.2 Å². The molecule has 0 aliphatic rings. The van der Waals surface area contributed by atoms with E-state index in [9.17, 15) is 13.5 Å². The number of benzene rings is 1. The fourth-order valence-corrected chi connectivity index (χ4v) is 3.09. The Bertz CT molecular complexity index is 956. The first-order valence-corrected chi connectivity index (χ1v) is 9.43. The molecule has 0 saturated carbocycles. The van der Waals surface area contributed by atoms with E-state index in [-0.39, 0.29) is 17.9 Å². The van der Waals surface area contributed by atoms with Gasteiger partial charge in [-0.25, -0.2) is 9.97 Å². The van der Waals surface area contributed by atoms with Crippen LogP contribution in [0.15, 0.2) is 35.1 Å². The van der Waals surface area contributed by atoms with Crippen LogP contribution in [0.25, 0.3) is 11.1 Å². The number of nitrogens with zero attached hydrogens (tertiary/aromatic N) is 2. The molecule has 0 spiro atoms. The number of ether oxygens (including phenoxy) is 1. The highest BCUT2D eigenvalue weighted by Gasteiger charge is 2.19. The van der Waals surface area contributed by atoms with E-state index in [0.29, 0.717) is 12.0 Å². The topological polar surface area (TPSA) is 113 Å². The van der Waals surface area contributed by atoms with Gasteiger partial charge in [-0.15, -0.1) is 0 Å². The molecule has 0 aliphatic heterocycles. The number of aliphatic hydroxyl groups is 1. The Hall–Kier alpha value is -1.75. The third-order valence-electron chi connectivity index (χ3n) is 2.91. The van der Waals surface area contributed by atoms with E-state index in [1.165, 1.54) is 0 Å². The van der Waals surface area contributed by atoms with E-state index < -0.39 is 29.2 Å². The summed E-state index contributed by atoms with van der Waals surface area (Å²) < 4.78 is 64.5. The Labute approximate surface area is 160 Å². The molecule has 0 atom stereocenters. The highest BCUT2D eigenvalue weighted by molar-refractivity contribution is 9.10. The van der Waals surface area contributed by atoms with Gasteiger partial charge in [-0.3, -0.25) is 4.72 Å². The molecular weight excluding hydrogens is 412 g/mol. The third-order valence-corrected chi connectivity index (χ3v) is 4.49. The van der Waals surface area contributed by atoms with E-state index in [2.05, 4.69) is 35.3 Å². The molecule has 25 heavy (non-hydrogen) atoms. The van der Waals surface area contributed by atoms with Crippen molar-refractivity contribution in [3.8, 4) is 17.0 Å². The summed E-state index contributed by atoms with van der Waals surface area (Å²) in [6.07, 6.45) is 1.49. The zero-order chi connectivity index (χ0) is 21.9. The minimum Gasteiger partial charge on any atom is -0.475 e. The highest BCUT2D eigenvalue weighted by Crippen LogP contribution is 2.34. The first-order chi connectivity index (χ1) is 13.4. The third kappa shape index (κ3) is 5.63. The minimum atomic E-state index is -4.00. The maximum Gasteiger partial charge on any atom is 0.300 e. The number of aromatic nitrogens is 2. The van der Waals surface area contributed by atoms with Gasteiger partial charge in [0.25, 0.3) is 10.2 Å². The lowest BCUT2D eigenvalue weighted by Gasteiger charge is -2.15. The largest absolute Gasteiger partial charge is 0.475 e. The molecule has 0 unspecified atom stereocenters. The molecule has 0 bridgehead atoms. The van der Waals surface area contributed by atoms with Crippen LogP contribution < -0.4 is 14.2 Å². The fourth-order valence-electron chi connectivity index (χ4n) is 1.87. The maximum atomic E-state index is 12.2. The Morgan fingerprint density at radius 3 is 2.68 bits per heavy atom. The van der Waals surface area contributed by atoms with E-state index in [4.69, 9.17) is 10.2 Å². The lowest BCUT2D eigenvalue weighted by Crippen LogP contribution is -2.31. The molecule has 0 saturated heterocycles. The van der Waals surface area contributed by atoms with Crippen molar-refractivity contribution in [2.24, 2.45) is 0 Å². The molecule has 0 fully saturated rings. The molecule has 0 aliphatic carbocycles. The van der Waals surface area contributed by atoms with Gasteiger partial charge in [-0.05, 0) is 24.1 Å². The summed E-state index contributed by atoms with van der Waals surface area (Å²) >= 11 is 3.28. The second-order valence-electron chi connectivity index (χ2n) is 4.73. The van der Waals surface area contributed by atoms with E-state index in [0.717, 1.165) is 10.8 Å². The molecule has 10 heteroatoms. The summed E-state index contributed by atoms with van der Waals surface area (Å²) in [6.45, 7) is -4.55. The van der Waals surface area contributed by atoms with Gasteiger partial charge < -0.3 is 9.84 Å². The molecule has 136 valence electrons. The van der Waals surface area contributed by atoms with Crippen molar-refractivity contribution in [3.63, 3.8) is 0 Å². The predicted molar refractivity (Wildman–Crippen MR) is 98.6 cm³/mol. The van der Waals surface area contributed by atoms with Gasteiger partial charge in [0.2, 0.25) is 5.88 Å². The van der Waals surface area contributed by atoms with Crippen molar-refractivity contribution in [1.29, 1.82) is 0 Å². The maximum absolute atomic E-state index is 12.2. The molecule has 2 aromatic rings. The standard InChI is InChI=1S/C15H19BrN4O4S/c1-2-7-19-25(22,23)20-14-13(11-3-5-12(16)6-4-11)15(18-10-17-14)24-9-8-21/h3-6,10,19,21H,2,7-9H2,1H3,(H,17,18,20)/i8D2,9D2. The first-order valence-electron chi connectivity index (χ1n) is 9.16. The predicted octanol–water partition coefficient (Wildman–Crippen LogP) is 1.93. The summed E-state index contributed by atoms with van der Waals surface area (Å²) in [4.78, 5) is 7.72. The van der Waals surface area contributed by atoms with Crippen LogP contribution in [0.1, 0.15) is 18.8 Å². The number of halogens is 1. The second kappa shape index (κ2) is 9.09. The lowest BCUT2D eigenvalue weighted by molar-refractivity contribution is 0.197. The monoisotopic (exact) mass is 434 g/mol. The zero-order valence-electron chi connectivity index (χ0n) is 17.2. The molecule has 2 rings (SSSR count). The number of nitrogens with one attached hydrogen (secondary N) is 2. The smallest absolute Gasteiger partial charge is 0.300 e. The summed E-state index contributed by atoms with van der Waals surface area (Å²) in [5.41, 5.74) is 0.335. The molecule has 8 nitrogen and oxygen atoms in total. The van der Waals surface area contributed by atoms with Crippen LogP contribution in [0, 0.1) is 0 Å². The Morgan fingerprint density at radius 2 is 2.04 bits per heavy atom. The van der Waals surface area contributed by atoms with E-state index in [1.54, 1.807) is 31.2 Å². The van der Waals surface area contributed by atoms with Crippen molar-refractivity contribution >= 4 is 32.0 Å². The molecular formula is C15H19BrN4O4S. The summed E-state index contributed by atoms with van der Waals surface area (Å²) in [5, 5.41) is 9.42. The average molecular weight is 435 g/mol. The molecule has 0 radical (unpaired) electrons. The first kappa shape index (κ1) is 14.4. The van der Waals surface area contributed by atoms with Crippen molar-refractivity contribution in [1.82, 2.24) is 14.7 Å². The summed E-state index contributed by atoms with van der Waals surface area (Å²) in [6, 6.07) is 6.46. The van der Waals surface area contributed by atoms with Crippen molar-refractivity contribution in [3.05, 3.63) is 35.1 Å². The number of hydrogen-bond donors (Lipinski definition) is 3. The van der Waals surface area contributed by atoms with Crippen molar-refractivity contribution < 1.29 is 23.7 Å². The van der Waals surface area contributed by atoms with Crippen LogP contribution in [-0.2, 0) is 10.2 Å². The molecule has 3 N–H and O–H groups in total. The second-order valence-corrected chi connectivity index (χ2v) is 7.14. The quantitative estimate of drug-likeness (QED) is 0.555. The van der Waals surface area contributed by atoms with E-state index in [1.807, 2.05) is 0 Å². The van der Waals surface area contributed by atoms with Crippen molar-refractivity contribution in [2.45, 2.75) is 13.3 Å². The zero-order valence-corrected chi connectivity index (χ0v) is 15.6. The fraction of sp³-hybridized carbons (Fsp3) is 0.333. The molecule has 1 aromatic heterocycles. The Morgan fingerprint density at radius 1 is 1.32 bits per heavy atom.